The normalized spacial score (nSPS) is 21.7. The number of hydrogen-bond acceptors (Lipinski definition) is 2. The highest BCUT2D eigenvalue weighted by atomic mass is 35.5. The molecule has 1 aromatic heterocycles. The zero-order chi connectivity index (χ0) is 18.9. The van der Waals surface area contributed by atoms with Gasteiger partial charge < -0.3 is 9.88 Å². The van der Waals surface area contributed by atoms with Gasteiger partial charge in [-0.25, -0.2) is 9.69 Å². The van der Waals surface area contributed by atoms with E-state index in [0.29, 0.717) is 23.7 Å². The van der Waals surface area contributed by atoms with Crippen LogP contribution < -0.4 is 4.90 Å². The lowest BCUT2D eigenvalue weighted by Crippen LogP contribution is -2.49. The van der Waals surface area contributed by atoms with Crippen molar-refractivity contribution in [1.82, 2.24) is 9.88 Å². The molecule has 27 heavy (non-hydrogen) atoms. The Morgan fingerprint density at radius 1 is 1.11 bits per heavy atom. The lowest BCUT2D eigenvalue weighted by molar-refractivity contribution is -0.125. The first kappa shape index (κ1) is 16.7. The smallest absolute Gasteiger partial charge is 0.332 e. The van der Waals surface area contributed by atoms with Gasteiger partial charge in [0.2, 0.25) is 0 Å². The molecule has 1 saturated heterocycles. The van der Waals surface area contributed by atoms with Gasteiger partial charge in [0.1, 0.15) is 0 Å². The highest BCUT2D eigenvalue weighted by Gasteiger charge is 2.59. The van der Waals surface area contributed by atoms with E-state index < -0.39 is 5.54 Å². The summed E-state index contributed by atoms with van der Waals surface area (Å²) in [6.45, 7) is 2.27. The molecule has 7 heteroatoms. The minimum absolute atomic E-state index is 0.268. The van der Waals surface area contributed by atoms with E-state index >= 15 is 0 Å². The van der Waals surface area contributed by atoms with E-state index in [4.69, 9.17) is 23.2 Å². The van der Waals surface area contributed by atoms with Crippen LogP contribution in [0.2, 0.25) is 10.0 Å². The Balaban J connectivity index is 1.70. The molecule has 2 aromatic carbocycles. The fraction of sp³-hybridized carbons (Fsp3) is 0.200. The van der Waals surface area contributed by atoms with Gasteiger partial charge >= 0.3 is 6.03 Å². The third-order valence-corrected chi connectivity index (χ3v) is 6.16. The van der Waals surface area contributed by atoms with Crippen LogP contribution in [-0.2, 0) is 16.8 Å². The van der Waals surface area contributed by atoms with Crippen LogP contribution in [0.25, 0.3) is 10.9 Å². The molecule has 0 radical (unpaired) electrons. The number of imide groups is 1. The average molecular weight is 400 g/mol. The number of para-hydroxylation sites is 1. The number of amides is 3. The maximum atomic E-state index is 13.5. The van der Waals surface area contributed by atoms with E-state index in [2.05, 4.69) is 4.98 Å². The Morgan fingerprint density at radius 3 is 2.67 bits per heavy atom. The molecule has 5 nitrogen and oxygen atoms in total. The fourth-order valence-corrected chi connectivity index (χ4v) is 4.76. The summed E-state index contributed by atoms with van der Waals surface area (Å²) in [5, 5.41) is 1.81. The van der Waals surface area contributed by atoms with Gasteiger partial charge in [-0.1, -0.05) is 41.4 Å². The molecular weight excluding hydrogens is 385 g/mol. The second-order valence-electron chi connectivity index (χ2n) is 7.02. The topological polar surface area (TPSA) is 56.4 Å². The molecule has 3 amide bonds. The van der Waals surface area contributed by atoms with Gasteiger partial charge in [0, 0.05) is 22.5 Å². The Kier molecular flexibility index (Phi) is 3.39. The van der Waals surface area contributed by atoms with E-state index in [0.717, 1.165) is 22.2 Å². The number of rotatable bonds is 1. The van der Waals surface area contributed by atoms with Gasteiger partial charge in [0.15, 0.2) is 5.54 Å². The number of H-pyrrole nitrogens is 1. The van der Waals surface area contributed by atoms with Gasteiger partial charge in [0.25, 0.3) is 5.91 Å². The summed E-state index contributed by atoms with van der Waals surface area (Å²) in [7, 11) is 0. The van der Waals surface area contributed by atoms with E-state index in [1.807, 2.05) is 24.3 Å². The van der Waals surface area contributed by atoms with Crippen LogP contribution in [0.15, 0.2) is 42.5 Å². The van der Waals surface area contributed by atoms with E-state index in [9.17, 15) is 9.59 Å². The number of halogens is 2. The standard InChI is InChI=1S/C20H15Cl2N3O2/c1-20-17-13(12-4-2-3-5-15(12)23-17)8-9-24(20)19(27)25(18(20)26)16-7-6-11(21)10-14(16)22/h2-7,10,23H,8-9H2,1H3. The maximum absolute atomic E-state index is 13.5. The second-order valence-corrected chi connectivity index (χ2v) is 7.86. The van der Waals surface area contributed by atoms with E-state index in [1.165, 1.54) is 11.0 Å². The monoisotopic (exact) mass is 399 g/mol. The van der Waals surface area contributed by atoms with Crippen LogP contribution in [0.1, 0.15) is 18.2 Å². The molecule has 3 aromatic rings. The van der Waals surface area contributed by atoms with E-state index in [-0.39, 0.29) is 17.0 Å². The quantitative estimate of drug-likeness (QED) is 0.602. The summed E-state index contributed by atoms with van der Waals surface area (Å²) < 4.78 is 0. The largest absolute Gasteiger partial charge is 0.356 e. The van der Waals surface area contributed by atoms with Crippen molar-refractivity contribution in [3.05, 3.63) is 63.8 Å². The van der Waals surface area contributed by atoms with Gasteiger partial charge in [-0.2, -0.15) is 0 Å². The molecule has 0 saturated carbocycles. The number of carbonyl (C=O) groups is 2. The van der Waals surface area contributed by atoms with Crippen molar-refractivity contribution in [3.63, 3.8) is 0 Å². The Bertz CT molecular complexity index is 1140. The molecule has 5 rings (SSSR count). The first-order chi connectivity index (χ1) is 12.9. The summed E-state index contributed by atoms with van der Waals surface area (Å²) in [4.78, 5) is 32.8. The van der Waals surface area contributed by atoms with Crippen molar-refractivity contribution >= 4 is 51.7 Å². The molecule has 136 valence electrons. The molecule has 3 heterocycles. The predicted octanol–water partition coefficient (Wildman–Crippen LogP) is 4.71. The highest BCUT2D eigenvalue weighted by molar-refractivity contribution is 6.38. The van der Waals surface area contributed by atoms with Crippen molar-refractivity contribution in [3.8, 4) is 0 Å². The Morgan fingerprint density at radius 2 is 1.89 bits per heavy atom. The number of nitrogens with one attached hydrogen (secondary N) is 1. The number of fused-ring (bicyclic) bond motifs is 5. The lowest BCUT2D eigenvalue weighted by atomic mass is 9.87. The molecule has 1 fully saturated rings. The number of nitrogens with zero attached hydrogens (tertiary/aromatic N) is 2. The van der Waals surface area contributed by atoms with Gasteiger partial charge in [-0.15, -0.1) is 0 Å². The third-order valence-electron chi connectivity index (χ3n) is 5.62. The molecule has 1 unspecified atom stereocenters. The zero-order valence-electron chi connectivity index (χ0n) is 14.4. The number of urea groups is 1. The highest BCUT2D eigenvalue weighted by Crippen LogP contribution is 2.46. The lowest BCUT2D eigenvalue weighted by Gasteiger charge is -2.35. The zero-order valence-corrected chi connectivity index (χ0v) is 15.9. The molecule has 0 spiro atoms. The maximum Gasteiger partial charge on any atom is 0.332 e. The minimum Gasteiger partial charge on any atom is -0.356 e. The Hall–Kier alpha value is -2.50. The van der Waals surface area contributed by atoms with Crippen LogP contribution in [0, 0.1) is 0 Å². The first-order valence-electron chi connectivity index (χ1n) is 8.64. The molecule has 1 atom stereocenters. The van der Waals surface area contributed by atoms with Crippen molar-refractivity contribution in [2.75, 3.05) is 11.4 Å². The van der Waals surface area contributed by atoms with Crippen molar-refractivity contribution in [2.24, 2.45) is 0 Å². The first-order valence-corrected chi connectivity index (χ1v) is 9.40. The Labute approximate surface area is 165 Å². The van der Waals surface area contributed by atoms with Crippen LogP contribution in [0.5, 0.6) is 0 Å². The fourth-order valence-electron chi connectivity index (χ4n) is 4.27. The molecule has 0 bridgehead atoms. The van der Waals surface area contributed by atoms with Crippen LogP contribution in [0.4, 0.5) is 10.5 Å². The van der Waals surface area contributed by atoms with Gasteiger partial charge in [-0.05, 0) is 43.2 Å². The van der Waals surface area contributed by atoms with Crippen LogP contribution in [-0.4, -0.2) is 28.4 Å². The predicted molar refractivity (Wildman–Crippen MR) is 105 cm³/mol. The number of carbonyl (C=O) groups excluding carboxylic acids is 2. The minimum atomic E-state index is -1.09. The molecular formula is C20H15Cl2N3O2. The molecule has 0 aliphatic carbocycles. The van der Waals surface area contributed by atoms with E-state index in [1.54, 1.807) is 24.0 Å². The van der Waals surface area contributed by atoms with Crippen LogP contribution >= 0.6 is 23.2 Å². The average Bonchev–Trinajstić information content (AvgIpc) is 3.11. The van der Waals surface area contributed by atoms with Crippen molar-refractivity contribution in [2.45, 2.75) is 18.9 Å². The van der Waals surface area contributed by atoms with Crippen molar-refractivity contribution < 1.29 is 9.59 Å². The van der Waals surface area contributed by atoms with Crippen molar-refractivity contribution in [1.29, 1.82) is 0 Å². The number of anilines is 1. The summed E-state index contributed by atoms with van der Waals surface area (Å²) in [5.74, 6) is -0.316. The van der Waals surface area contributed by atoms with Crippen LogP contribution in [0.3, 0.4) is 0 Å². The molecule has 2 aliphatic rings. The number of aromatic amines is 1. The second kappa shape index (κ2) is 5.50. The summed E-state index contributed by atoms with van der Waals surface area (Å²) in [6.07, 6.45) is 0.691. The number of hydrogen-bond donors (Lipinski definition) is 1. The molecule has 2 aliphatic heterocycles. The summed E-state index contributed by atoms with van der Waals surface area (Å²) in [5.41, 5.74) is 2.10. The summed E-state index contributed by atoms with van der Waals surface area (Å²) >= 11 is 12.3. The SMILES string of the molecule is CC12C(=O)N(c3ccc(Cl)cc3Cl)C(=O)N1CCc1c2[nH]c2ccccc12. The number of aromatic nitrogens is 1. The van der Waals surface area contributed by atoms with Gasteiger partial charge in [0.05, 0.1) is 16.4 Å². The third kappa shape index (κ3) is 2.07. The number of benzene rings is 2. The van der Waals surface area contributed by atoms with Gasteiger partial charge in [-0.3, -0.25) is 4.79 Å². The molecule has 1 N–H and O–H groups in total. The summed E-state index contributed by atoms with van der Waals surface area (Å²) in [6, 6.07) is 12.3.